The molecule has 2 aromatic carbocycles. The zero-order valence-corrected chi connectivity index (χ0v) is 16.1. The van der Waals surface area contributed by atoms with E-state index in [0.29, 0.717) is 42.9 Å². The zero-order chi connectivity index (χ0) is 21.1. The summed E-state index contributed by atoms with van der Waals surface area (Å²) in [6.07, 6.45) is -2.64. The molecule has 4 rings (SSSR count). The molecule has 4 nitrogen and oxygen atoms in total. The van der Waals surface area contributed by atoms with E-state index in [-0.39, 0.29) is 5.91 Å². The van der Waals surface area contributed by atoms with Crippen LogP contribution in [0.2, 0.25) is 0 Å². The number of nitrogens with zero attached hydrogens (tertiary/aromatic N) is 3. The lowest BCUT2D eigenvalue weighted by Gasteiger charge is -2.35. The fourth-order valence-electron chi connectivity index (χ4n) is 3.54. The highest BCUT2D eigenvalue weighted by Crippen LogP contribution is 2.32. The molecule has 30 heavy (non-hydrogen) atoms. The van der Waals surface area contributed by atoms with Gasteiger partial charge in [-0.05, 0) is 47.5 Å². The van der Waals surface area contributed by atoms with Gasteiger partial charge in [0.05, 0.1) is 5.56 Å². The van der Waals surface area contributed by atoms with Crippen molar-refractivity contribution >= 4 is 11.7 Å². The molecule has 3 aromatic rings. The molecule has 1 saturated heterocycles. The van der Waals surface area contributed by atoms with E-state index in [1.54, 1.807) is 41.4 Å². The highest BCUT2D eigenvalue weighted by molar-refractivity contribution is 5.95. The van der Waals surface area contributed by atoms with Crippen molar-refractivity contribution in [2.45, 2.75) is 6.18 Å². The number of carbonyl (C=O) groups is 1. The summed E-state index contributed by atoms with van der Waals surface area (Å²) in [5, 5.41) is 0. The van der Waals surface area contributed by atoms with Gasteiger partial charge in [-0.3, -0.25) is 4.79 Å². The molecule has 1 aliphatic rings. The van der Waals surface area contributed by atoms with Gasteiger partial charge in [0, 0.05) is 37.9 Å². The number of pyridine rings is 1. The van der Waals surface area contributed by atoms with E-state index in [1.807, 2.05) is 18.2 Å². The topological polar surface area (TPSA) is 36.4 Å². The second-order valence-corrected chi connectivity index (χ2v) is 7.12. The van der Waals surface area contributed by atoms with Crippen molar-refractivity contribution in [3.05, 3.63) is 84.1 Å². The fourth-order valence-corrected chi connectivity index (χ4v) is 3.54. The summed E-state index contributed by atoms with van der Waals surface area (Å²) in [6.45, 7) is 2.58. The number of benzene rings is 2. The first-order valence-electron chi connectivity index (χ1n) is 9.65. The molecule has 7 heteroatoms. The number of amides is 1. The number of rotatable bonds is 3. The van der Waals surface area contributed by atoms with Gasteiger partial charge in [-0.2, -0.15) is 13.2 Å². The van der Waals surface area contributed by atoms with Crippen LogP contribution in [-0.4, -0.2) is 42.0 Å². The van der Waals surface area contributed by atoms with Crippen LogP contribution in [0.15, 0.2) is 72.9 Å². The molecular weight excluding hydrogens is 391 g/mol. The van der Waals surface area contributed by atoms with Crippen LogP contribution < -0.4 is 4.90 Å². The van der Waals surface area contributed by atoms with Crippen LogP contribution in [0.5, 0.6) is 0 Å². The lowest BCUT2D eigenvalue weighted by Crippen LogP contribution is -2.49. The predicted octanol–water partition coefficient (Wildman–Crippen LogP) is 4.73. The van der Waals surface area contributed by atoms with Gasteiger partial charge in [-0.15, -0.1) is 0 Å². The Morgan fingerprint density at radius 1 is 0.833 bits per heavy atom. The maximum atomic E-state index is 12.9. The Morgan fingerprint density at radius 2 is 1.57 bits per heavy atom. The maximum Gasteiger partial charge on any atom is 0.416 e. The molecule has 1 aliphatic heterocycles. The molecule has 1 amide bonds. The molecule has 0 aliphatic carbocycles. The number of alkyl halides is 3. The van der Waals surface area contributed by atoms with Gasteiger partial charge in [0.1, 0.15) is 5.82 Å². The second-order valence-electron chi connectivity index (χ2n) is 7.12. The SMILES string of the molecule is O=C(c1ccc(-c2cccc(C(F)(F)F)c2)cc1)N1CCN(c2ccccn2)CC1. The summed E-state index contributed by atoms with van der Waals surface area (Å²) in [5.41, 5.74) is 0.938. The molecule has 0 N–H and O–H groups in total. The van der Waals surface area contributed by atoms with Crippen molar-refractivity contribution in [1.29, 1.82) is 0 Å². The highest BCUT2D eigenvalue weighted by Gasteiger charge is 2.30. The Labute approximate surface area is 172 Å². The molecule has 0 radical (unpaired) electrons. The van der Waals surface area contributed by atoms with Gasteiger partial charge < -0.3 is 9.80 Å². The van der Waals surface area contributed by atoms with Crippen LogP contribution in [0, 0.1) is 0 Å². The molecule has 0 bridgehead atoms. The number of aromatic nitrogens is 1. The van der Waals surface area contributed by atoms with Crippen molar-refractivity contribution in [3.63, 3.8) is 0 Å². The summed E-state index contributed by atoms with van der Waals surface area (Å²) < 4.78 is 38.8. The minimum Gasteiger partial charge on any atom is -0.353 e. The lowest BCUT2D eigenvalue weighted by molar-refractivity contribution is -0.137. The molecule has 0 spiro atoms. The number of carbonyl (C=O) groups excluding carboxylic acids is 1. The largest absolute Gasteiger partial charge is 0.416 e. The van der Waals surface area contributed by atoms with Crippen molar-refractivity contribution in [3.8, 4) is 11.1 Å². The Balaban J connectivity index is 1.43. The third-order valence-corrected chi connectivity index (χ3v) is 5.20. The highest BCUT2D eigenvalue weighted by atomic mass is 19.4. The van der Waals surface area contributed by atoms with Crippen LogP contribution in [0.25, 0.3) is 11.1 Å². The molecular formula is C23H20F3N3O. The molecule has 1 aromatic heterocycles. The molecule has 1 fully saturated rings. The van der Waals surface area contributed by atoms with Gasteiger partial charge in [0.15, 0.2) is 0 Å². The van der Waals surface area contributed by atoms with Crippen LogP contribution in [0.4, 0.5) is 19.0 Å². The van der Waals surface area contributed by atoms with Crippen LogP contribution in [-0.2, 0) is 6.18 Å². The zero-order valence-electron chi connectivity index (χ0n) is 16.1. The van der Waals surface area contributed by atoms with Crippen LogP contribution in [0.1, 0.15) is 15.9 Å². The molecule has 0 saturated carbocycles. The van der Waals surface area contributed by atoms with E-state index in [4.69, 9.17) is 0 Å². The third kappa shape index (κ3) is 4.30. The minimum absolute atomic E-state index is 0.0775. The van der Waals surface area contributed by atoms with E-state index < -0.39 is 11.7 Å². The van der Waals surface area contributed by atoms with Crippen molar-refractivity contribution < 1.29 is 18.0 Å². The van der Waals surface area contributed by atoms with Gasteiger partial charge in [-0.25, -0.2) is 4.98 Å². The van der Waals surface area contributed by atoms with Crippen molar-refractivity contribution in [1.82, 2.24) is 9.88 Å². The Morgan fingerprint density at radius 3 is 2.20 bits per heavy atom. The first-order valence-corrected chi connectivity index (χ1v) is 9.65. The molecule has 0 atom stereocenters. The molecule has 2 heterocycles. The Bertz CT molecular complexity index is 1010. The van der Waals surface area contributed by atoms with Gasteiger partial charge in [-0.1, -0.05) is 30.3 Å². The van der Waals surface area contributed by atoms with E-state index in [9.17, 15) is 18.0 Å². The average molecular weight is 411 g/mol. The fraction of sp³-hybridized carbons (Fsp3) is 0.217. The summed E-state index contributed by atoms with van der Waals surface area (Å²) in [5.74, 6) is 0.821. The Hall–Kier alpha value is -3.35. The van der Waals surface area contributed by atoms with Crippen molar-refractivity contribution in [2.24, 2.45) is 0 Å². The number of piperazine rings is 1. The van der Waals surface area contributed by atoms with E-state index in [0.717, 1.165) is 18.0 Å². The third-order valence-electron chi connectivity index (χ3n) is 5.20. The summed E-state index contributed by atoms with van der Waals surface area (Å²) >= 11 is 0. The molecule has 154 valence electrons. The monoisotopic (exact) mass is 411 g/mol. The van der Waals surface area contributed by atoms with Gasteiger partial charge in [0.2, 0.25) is 0 Å². The number of hydrogen-bond donors (Lipinski definition) is 0. The van der Waals surface area contributed by atoms with Crippen LogP contribution >= 0.6 is 0 Å². The first kappa shape index (κ1) is 19.9. The summed E-state index contributed by atoms with van der Waals surface area (Å²) in [6, 6.07) is 17.6. The summed E-state index contributed by atoms with van der Waals surface area (Å²) in [7, 11) is 0. The van der Waals surface area contributed by atoms with E-state index in [2.05, 4.69) is 9.88 Å². The van der Waals surface area contributed by atoms with Gasteiger partial charge >= 0.3 is 6.18 Å². The lowest BCUT2D eigenvalue weighted by atomic mass is 10.0. The average Bonchev–Trinajstić information content (AvgIpc) is 2.79. The normalized spacial score (nSPS) is 14.6. The number of halogens is 3. The van der Waals surface area contributed by atoms with Crippen LogP contribution in [0.3, 0.4) is 0 Å². The molecule has 0 unspecified atom stereocenters. The quantitative estimate of drug-likeness (QED) is 0.625. The summed E-state index contributed by atoms with van der Waals surface area (Å²) in [4.78, 5) is 21.1. The van der Waals surface area contributed by atoms with E-state index >= 15 is 0 Å². The number of anilines is 1. The van der Waals surface area contributed by atoms with Gasteiger partial charge in [0.25, 0.3) is 5.91 Å². The minimum atomic E-state index is -4.39. The van der Waals surface area contributed by atoms with Crippen molar-refractivity contribution in [2.75, 3.05) is 31.1 Å². The standard InChI is InChI=1S/C23H20F3N3O/c24-23(25,26)20-5-3-4-19(16-20)17-7-9-18(10-8-17)22(30)29-14-12-28(13-15-29)21-6-1-2-11-27-21/h1-11,16H,12-15H2. The predicted molar refractivity (Wildman–Crippen MR) is 109 cm³/mol. The number of hydrogen-bond acceptors (Lipinski definition) is 3. The smallest absolute Gasteiger partial charge is 0.353 e. The first-order chi connectivity index (χ1) is 14.4. The second kappa shape index (κ2) is 8.18. The maximum absolute atomic E-state index is 12.9. The van der Waals surface area contributed by atoms with E-state index in [1.165, 1.54) is 6.07 Å². The Kier molecular flexibility index (Phi) is 5.44.